The van der Waals surface area contributed by atoms with Crippen molar-refractivity contribution in [2.75, 3.05) is 6.54 Å². The van der Waals surface area contributed by atoms with Crippen LogP contribution in [-0.4, -0.2) is 16.1 Å². The van der Waals surface area contributed by atoms with Crippen LogP contribution in [0.15, 0.2) is 6.20 Å². The smallest absolute Gasteiger partial charge is 0.123 e. The van der Waals surface area contributed by atoms with Crippen LogP contribution in [0.2, 0.25) is 0 Å². The van der Waals surface area contributed by atoms with E-state index in [1.165, 1.54) is 11.5 Å². The fourth-order valence-corrected chi connectivity index (χ4v) is 1.42. The predicted molar refractivity (Wildman–Crippen MR) is 50.6 cm³/mol. The average Bonchev–Trinajstić information content (AvgIpc) is 2.46. The Bertz CT molecular complexity index is 233. The van der Waals surface area contributed by atoms with Gasteiger partial charge in [0.1, 0.15) is 5.82 Å². The van der Waals surface area contributed by atoms with Crippen molar-refractivity contribution in [1.82, 2.24) is 14.9 Å². The topological polar surface area (TPSA) is 29.9 Å². The van der Waals surface area contributed by atoms with E-state index >= 15 is 0 Å². The lowest BCUT2D eigenvalue weighted by Gasteiger charge is -2.13. The molecule has 0 fully saturated rings. The quantitative estimate of drug-likeness (QED) is 0.710. The van der Waals surface area contributed by atoms with Crippen LogP contribution in [0.3, 0.4) is 0 Å². The van der Waals surface area contributed by atoms with E-state index in [0.29, 0.717) is 0 Å². The number of rotatable bonds is 1. The van der Waals surface area contributed by atoms with Crippen molar-refractivity contribution in [2.45, 2.75) is 26.4 Å². The second-order valence-electron chi connectivity index (χ2n) is 2.87. The molecule has 4 heteroatoms. The van der Waals surface area contributed by atoms with Crippen LogP contribution >= 0.6 is 12.4 Å². The maximum atomic E-state index is 4.47. The summed E-state index contributed by atoms with van der Waals surface area (Å²) in [7, 11) is 0. The number of halogens is 1. The Hall–Kier alpha value is -0.540. The Labute approximate surface area is 78.6 Å². The SMILES string of the molecule is CCc1cn2c(n1)CNCC2.Cl. The summed E-state index contributed by atoms with van der Waals surface area (Å²) in [4.78, 5) is 4.47. The minimum atomic E-state index is 0. The van der Waals surface area contributed by atoms with Gasteiger partial charge in [-0.1, -0.05) is 6.92 Å². The molecule has 0 saturated heterocycles. The van der Waals surface area contributed by atoms with Crippen LogP contribution < -0.4 is 5.32 Å². The molecule has 0 unspecified atom stereocenters. The maximum absolute atomic E-state index is 4.47. The van der Waals surface area contributed by atoms with E-state index in [9.17, 15) is 0 Å². The highest BCUT2D eigenvalue weighted by Gasteiger charge is 2.09. The van der Waals surface area contributed by atoms with E-state index < -0.39 is 0 Å². The minimum Gasteiger partial charge on any atom is -0.332 e. The summed E-state index contributed by atoms with van der Waals surface area (Å²) in [6.45, 7) is 5.22. The zero-order valence-corrected chi connectivity index (χ0v) is 8.02. The molecule has 1 aliphatic rings. The third-order valence-electron chi connectivity index (χ3n) is 2.08. The van der Waals surface area contributed by atoms with Crippen molar-refractivity contribution < 1.29 is 0 Å². The highest BCUT2D eigenvalue weighted by atomic mass is 35.5. The molecule has 0 atom stereocenters. The van der Waals surface area contributed by atoms with Crippen LogP contribution in [0.5, 0.6) is 0 Å². The van der Waals surface area contributed by atoms with Crippen molar-refractivity contribution in [1.29, 1.82) is 0 Å². The molecule has 1 aromatic rings. The number of nitrogens with one attached hydrogen (secondary N) is 1. The van der Waals surface area contributed by atoms with E-state index in [1.807, 2.05) is 0 Å². The first-order valence-electron chi connectivity index (χ1n) is 4.16. The summed E-state index contributed by atoms with van der Waals surface area (Å²) >= 11 is 0. The molecule has 0 saturated carbocycles. The van der Waals surface area contributed by atoms with Gasteiger partial charge in [0.05, 0.1) is 12.2 Å². The monoisotopic (exact) mass is 187 g/mol. The number of hydrogen-bond donors (Lipinski definition) is 1. The van der Waals surface area contributed by atoms with Crippen LogP contribution in [-0.2, 0) is 19.5 Å². The Kier molecular flexibility index (Phi) is 3.12. The third-order valence-corrected chi connectivity index (χ3v) is 2.08. The third kappa shape index (κ3) is 1.62. The standard InChI is InChI=1S/C8H13N3.ClH/c1-2-7-6-11-4-3-9-5-8(11)10-7;/h6,9H,2-5H2,1H3;1H. The molecule has 0 aliphatic carbocycles. The van der Waals surface area contributed by atoms with Gasteiger partial charge in [0.2, 0.25) is 0 Å². The van der Waals surface area contributed by atoms with E-state index in [4.69, 9.17) is 0 Å². The van der Waals surface area contributed by atoms with Gasteiger partial charge in [-0.25, -0.2) is 4.98 Å². The number of hydrogen-bond acceptors (Lipinski definition) is 2. The Morgan fingerprint density at radius 1 is 1.67 bits per heavy atom. The molecule has 12 heavy (non-hydrogen) atoms. The van der Waals surface area contributed by atoms with Crippen molar-refractivity contribution >= 4 is 12.4 Å². The highest BCUT2D eigenvalue weighted by Crippen LogP contribution is 2.06. The van der Waals surface area contributed by atoms with Crippen LogP contribution in [0, 0.1) is 0 Å². The van der Waals surface area contributed by atoms with Gasteiger partial charge >= 0.3 is 0 Å². The molecule has 3 nitrogen and oxygen atoms in total. The lowest BCUT2D eigenvalue weighted by molar-refractivity contribution is 0.505. The zero-order valence-electron chi connectivity index (χ0n) is 7.21. The molecular weight excluding hydrogens is 174 g/mol. The van der Waals surface area contributed by atoms with E-state index in [0.717, 1.165) is 26.1 Å². The first-order valence-corrected chi connectivity index (χ1v) is 4.16. The summed E-state index contributed by atoms with van der Waals surface area (Å²) in [6, 6.07) is 0. The molecule has 1 aliphatic heterocycles. The summed E-state index contributed by atoms with van der Waals surface area (Å²) in [5.74, 6) is 1.19. The van der Waals surface area contributed by atoms with Gasteiger partial charge in [-0.3, -0.25) is 0 Å². The molecule has 0 spiro atoms. The molecule has 0 aromatic carbocycles. The van der Waals surface area contributed by atoms with E-state index in [-0.39, 0.29) is 12.4 Å². The molecule has 0 amide bonds. The normalized spacial score (nSPS) is 15.1. The maximum Gasteiger partial charge on any atom is 0.123 e. The van der Waals surface area contributed by atoms with E-state index in [2.05, 4.69) is 28.0 Å². The fraction of sp³-hybridized carbons (Fsp3) is 0.625. The molecule has 0 bridgehead atoms. The number of imidazole rings is 1. The molecular formula is C8H14ClN3. The van der Waals surface area contributed by atoms with Crippen molar-refractivity contribution in [3.8, 4) is 0 Å². The molecule has 0 radical (unpaired) electrons. The number of nitrogens with zero attached hydrogens (tertiary/aromatic N) is 2. The van der Waals surface area contributed by atoms with Gasteiger partial charge in [0.25, 0.3) is 0 Å². The van der Waals surface area contributed by atoms with Gasteiger partial charge < -0.3 is 9.88 Å². The minimum absolute atomic E-state index is 0. The lowest BCUT2D eigenvalue weighted by Crippen LogP contribution is -2.27. The Morgan fingerprint density at radius 2 is 2.50 bits per heavy atom. The summed E-state index contributed by atoms with van der Waals surface area (Å²) in [6.07, 6.45) is 3.20. The molecule has 2 rings (SSSR count). The van der Waals surface area contributed by atoms with Crippen molar-refractivity contribution in [2.24, 2.45) is 0 Å². The van der Waals surface area contributed by atoms with Gasteiger partial charge in [0, 0.05) is 19.3 Å². The van der Waals surface area contributed by atoms with Gasteiger partial charge in [-0.15, -0.1) is 12.4 Å². The summed E-state index contributed by atoms with van der Waals surface area (Å²) in [5, 5.41) is 3.30. The van der Waals surface area contributed by atoms with Crippen LogP contribution in [0.25, 0.3) is 0 Å². The first-order chi connectivity index (χ1) is 5.40. The van der Waals surface area contributed by atoms with Crippen LogP contribution in [0.4, 0.5) is 0 Å². The Morgan fingerprint density at radius 3 is 3.17 bits per heavy atom. The number of aromatic nitrogens is 2. The number of fused-ring (bicyclic) bond motifs is 1. The number of aryl methyl sites for hydroxylation is 1. The first kappa shape index (κ1) is 9.55. The average molecular weight is 188 g/mol. The van der Waals surface area contributed by atoms with Gasteiger partial charge in [0.15, 0.2) is 0 Å². The summed E-state index contributed by atoms with van der Waals surface area (Å²) in [5.41, 5.74) is 1.21. The largest absolute Gasteiger partial charge is 0.332 e. The molecule has 68 valence electrons. The molecule has 1 N–H and O–H groups in total. The van der Waals surface area contributed by atoms with Crippen molar-refractivity contribution in [3.63, 3.8) is 0 Å². The molecule has 2 heterocycles. The lowest BCUT2D eigenvalue weighted by atomic mass is 10.4. The fourth-order valence-electron chi connectivity index (χ4n) is 1.42. The predicted octanol–water partition coefficient (Wildman–Crippen LogP) is 0.970. The van der Waals surface area contributed by atoms with Crippen molar-refractivity contribution in [3.05, 3.63) is 17.7 Å². The Balaban J connectivity index is 0.000000720. The van der Waals surface area contributed by atoms with Crippen LogP contribution in [0.1, 0.15) is 18.4 Å². The second kappa shape index (κ2) is 3.92. The summed E-state index contributed by atoms with van der Waals surface area (Å²) < 4.78 is 2.25. The zero-order chi connectivity index (χ0) is 7.68. The van der Waals surface area contributed by atoms with Gasteiger partial charge in [-0.05, 0) is 6.42 Å². The molecule has 1 aromatic heterocycles. The van der Waals surface area contributed by atoms with Gasteiger partial charge in [-0.2, -0.15) is 0 Å². The van der Waals surface area contributed by atoms with E-state index in [1.54, 1.807) is 0 Å². The highest BCUT2D eigenvalue weighted by molar-refractivity contribution is 5.85. The second-order valence-corrected chi connectivity index (χ2v) is 2.87.